The van der Waals surface area contributed by atoms with E-state index in [0.29, 0.717) is 6.61 Å². The molecule has 1 aliphatic carbocycles. The van der Waals surface area contributed by atoms with Crippen LogP contribution in [0.25, 0.3) is 0 Å². The van der Waals surface area contributed by atoms with Crippen LogP contribution in [0.15, 0.2) is 24.3 Å². The number of benzene rings is 1. The molecule has 0 bridgehead atoms. The van der Waals surface area contributed by atoms with E-state index in [1.165, 1.54) is 6.42 Å². The van der Waals surface area contributed by atoms with Gasteiger partial charge in [-0.15, -0.1) is 0 Å². The molecule has 0 aromatic heterocycles. The van der Waals surface area contributed by atoms with E-state index in [1.54, 1.807) is 0 Å². The Balaban J connectivity index is 1.91. The van der Waals surface area contributed by atoms with Crippen LogP contribution in [0.4, 0.5) is 10.5 Å². The van der Waals surface area contributed by atoms with Crippen molar-refractivity contribution in [3.05, 3.63) is 29.8 Å². The number of hydrogen-bond donors (Lipinski definition) is 2. The SMILES string of the molecule is CC(C)OCc1cccc(NC(=O)NC2(CN(C)C)CCC2)c1. The van der Waals surface area contributed by atoms with Gasteiger partial charge >= 0.3 is 6.03 Å². The van der Waals surface area contributed by atoms with Gasteiger partial charge in [0.2, 0.25) is 0 Å². The summed E-state index contributed by atoms with van der Waals surface area (Å²) < 4.78 is 5.60. The fourth-order valence-corrected chi connectivity index (χ4v) is 2.94. The van der Waals surface area contributed by atoms with Crippen LogP contribution in [-0.2, 0) is 11.3 Å². The molecule has 1 aliphatic rings. The third-order valence-electron chi connectivity index (χ3n) is 4.08. The van der Waals surface area contributed by atoms with E-state index in [9.17, 15) is 4.79 Å². The van der Waals surface area contributed by atoms with Gasteiger partial charge in [-0.1, -0.05) is 12.1 Å². The maximum Gasteiger partial charge on any atom is 0.319 e. The first-order valence-corrected chi connectivity index (χ1v) is 8.33. The molecule has 1 aromatic carbocycles. The maximum absolute atomic E-state index is 12.3. The Kier molecular flexibility index (Phi) is 6.02. The lowest BCUT2D eigenvalue weighted by atomic mass is 9.76. The number of amides is 2. The zero-order valence-corrected chi connectivity index (χ0v) is 14.7. The Hall–Kier alpha value is -1.59. The van der Waals surface area contributed by atoms with Crippen LogP contribution in [0, 0.1) is 0 Å². The second-order valence-electron chi connectivity index (χ2n) is 7.01. The van der Waals surface area contributed by atoms with Crippen molar-refractivity contribution in [3.8, 4) is 0 Å². The van der Waals surface area contributed by atoms with Crippen molar-refractivity contribution in [1.82, 2.24) is 10.2 Å². The van der Waals surface area contributed by atoms with Gasteiger partial charge in [0.15, 0.2) is 0 Å². The van der Waals surface area contributed by atoms with Crippen molar-refractivity contribution in [2.75, 3.05) is 26.0 Å². The molecule has 0 saturated heterocycles. The van der Waals surface area contributed by atoms with Crippen molar-refractivity contribution >= 4 is 11.7 Å². The van der Waals surface area contributed by atoms with Crippen LogP contribution < -0.4 is 10.6 Å². The van der Waals surface area contributed by atoms with Gasteiger partial charge in [-0.05, 0) is 64.9 Å². The number of anilines is 1. The number of carbonyl (C=O) groups is 1. The summed E-state index contributed by atoms with van der Waals surface area (Å²) in [6.45, 7) is 5.46. The van der Waals surface area contributed by atoms with Crippen molar-refractivity contribution in [1.29, 1.82) is 0 Å². The van der Waals surface area contributed by atoms with Crippen molar-refractivity contribution < 1.29 is 9.53 Å². The fourth-order valence-electron chi connectivity index (χ4n) is 2.94. The molecule has 0 atom stereocenters. The van der Waals surface area contributed by atoms with E-state index < -0.39 is 0 Å². The Morgan fingerprint density at radius 1 is 1.35 bits per heavy atom. The fraction of sp³-hybridized carbons (Fsp3) is 0.611. The molecule has 5 heteroatoms. The highest BCUT2D eigenvalue weighted by atomic mass is 16.5. The number of rotatable bonds is 7. The molecule has 0 spiro atoms. The second kappa shape index (κ2) is 7.79. The van der Waals surface area contributed by atoms with Crippen molar-refractivity contribution in [3.63, 3.8) is 0 Å². The molecule has 0 heterocycles. The monoisotopic (exact) mass is 319 g/mol. The van der Waals surface area contributed by atoms with Gasteiger partial charge in [-0.25, -0.2) is 4.79 Å². The maximum atomic E-state index is 12.3. The number of ether oxygens (including phenoxy) is 1. The molecular formula is C18H29N3O2. The first-order valence-electron chi connectivity index (χ1n) is 8.33. The highest BCUT2D eigenvalue weighted by Gasteiger charge is 2.38. The highest BCUT2D eigenvalue weighted by Crippen LogP contribution is 2.32. The van der Waals surface area contributed by atoms with Crippen molar-refractivity contribution in [2.45, 2.75) is 51.4 Å². The van der Waals surface area contributed by atoms with Crippen LogP contribution in [0.2, 0.25) is 0 Å². The van der Waals surface area contributed by atoms with Gasteiger partial charge in [0.25, 0.3) is 0 Å². The Morgan fingerprint density at radius 2 is 2.09 bits per heavy atom. The van der Waals surface area contributed by atoms with E-state index in [1.807, 2.05) is 52.2 Å². The van der Waals surface area contributed by atoms with Gasteiger partial charge in [-0.2, -0.15) is 0 Å². The third kappa shape index (κ3) is 5.52. The van der Waals surface area contributed by atoms with E-state index in [-0.39, 0.29) is 17.7 Å². The summed E-state index contributed by atoms with van der Waals surface area (Å²) in [5.41, 5.74) is 1.78. The highest BCUT2D eigenvalue weighted by molar-refractivity contribution is 5.90. The minimum atomic E-state index is -0.131. The summed E-state index contributed by atoms with van der Waals surface area (Å²) in [5, 5.41) is 6.10. The van der Waals surface area contributed by atoms with Crippen LogP contribution in [-0.4, -0.2) is 43.2 Å². The second-order valence-corrected chi connectivity index (χ2v) is 7.01. The summed E-state index contributed by atoms with van der Waals surface area (Å²) in [6.07, 6.45) is 3.46. The number of nitrogens with zero attached hydrogens (tertiary/aromatic N) is 1. The Bertz CT molecular complexity index is 525. The lowest BCUT2D eigenvalue weighted by Gasteiger charge is -2.44. The summed E-state index contributed by atoms with van der Waals surface area (Å²) >= 11 is 0. The predicted molar refractivity (Wildman–Crippen MR) is 93.7 cm³/mol. The largest absolute Gasteiger partial charge is 0.374 e. The average Bonchev–Trinajstić information content (AvgIpc) is 2.42. The average molecular weight is 319 g/mol. The topological polar surface area (TPSA) is 53.6 Å². The van der Waals surface area contributed by atoms with Crippen LogP contribution in [0.3, 0.4) is 0 Å². The molecule has 2 N–H and O–H groups in total. The molecule has 2 amide bonds. The minimum Gasteiger partial charge on any atom is -0.374 e. The molecule has 1 saturated carbocycles. The van der Waals surface area contributed by atoms with E-state index in [2.05, 4.69) is 15.5 Å². The quantitative estimate of drug-likeness (QED) is 0.811. The summed E-state index contributed by atoms with van der Waals surface area (Å²) in [5.74, 6) is 0. The van der Waals surface area contributed by atoms with Gasteiger partial charge < -0.3 is 20.3 Å². The van der Waals surface area contributed by atoms with Gasteiger partial charge in [0, 0.05) is 12.2 Å². The molecule has 1 fully saturated rings. The number of nitrogens with one attached hydrogen (secondary N) is 2. The molecule has 5 nitrogen and oxygen atoms in total. The van der Waals surface area contributed by atoms with E-state index in [0.717, 1.165) is 30.6 Å². The molecule has 1 aromatic rings. The lowest BCUT2D eigenvalue weighted by molar-refractivity contribution is 0.0657. The summed E-state index contributed by atoms with van der Waals surface area (Å²) in [7, 11) is 4.08. The van der Waals surface area contributed by atoms with Gasteiger partial charge in [0.05, 0.1) is 18.2 Å². The number of carbonyl (C=O) groups excluding carboxylic acids is 1. The van der Waals surface area contributed by atoms with E-state index >= 15 is 0 Å². The Morgan fingerprint density at radius 3 is 2.65 bits per heavy atom. The molecule has 0 unspecified atom stereocenters. The molecule has 0 aliphatic heterocycles. The third-order valence-corrected chi connectivity index (χ3v) is 4.08. The van der Waals surface area contributed by atoms with Crippen LogP contribution >= 0.6 is 0 Å². The van der Waals surface area contributed by atoms with E-state index in [4.69, 9.17) is 4.74 Å². The summed E-state index contributed by atoms with van der Waals surface area (Å²) in [6, 6.07) is 7.67. The molecular weight excluding hydrogens is 290 g/mol. The number of urea groups is 1. The summed E-state index contributed by atoms with van der Waals surface area (Å²) in [4.78, 5) is 14.4. The Labute approximate surface area is 139 Å². The van der Waals surface area contributed by atoms with Crippen LogP contribution in [0.5, 0.6) is 0 Å². The lowest BCUT2D eigenvalue weighted by Crippen LogP contribution is -2.59. The first kappa shape index (κ1) is 17.8. The molecule has 128 valence electrons. The standard InChI is InChI=1S/C18H29N3O2/c1-14(2)23-12-15-7-5-8-16(11-15)19-17(22)20-18(9-6-10-18)13-21(3)4/h5,7-8,11,14H,6,9-10,12-13H2,1-4H3,(H2,19,20,22). The molecule has 23 heavy (non-hydrogen) atoms. The zero-order valence-electron chi connectivity index (χ0n) is 14.7. The van der Waals surface area contributed by atoms with Crippen molar-refractivity contribution in [2.24, 2.45) is 0 Å². The smallest absolute Gasteiger partial charge is 0.319 e. The number of hydrogen-bond acceptors (Lipinski definition) is 3. The number of likely N-dealkylation sites (N-methyl/N-ethyl adjacent to an activating group) is 1. The zero-order chi connectivity index (χ0) is 16.9. The molecule has 0 radical (unpaired) electrons. The van der Waals surface area contributed by atoms with Gasteiger partial charge in [0.1, 0.15) is 0 Å². The predicted octanol–water partition coefficient (Wildman–Crippen LogP) is 3.22. The minimum absolute atomic E-state index is 0.0774. The van der Waals surface area contributed by atoms with Crippen LogP contribution in [0.1, 0.15) is 38.7 Å². The molecule has 2 rings (SSSR count). The normalized spacial score (nSPS) is 16.3. The first-order chi connectivity index (χ1) is 10.9. The van der Waals surface area contributed by atoms with Gasteiger partial charge in [-0.3, -0.25) is 0 Å².